The van der Waals surface area contributed by atoms with Crippen molar-refractivity contribution >= 4 is 17.1 Å². The Morgan fingerprint density at radius 2 is 2.04 bits per heavy atom. The third-order valence-corrected chi connectivity index (χ3v) is 5.23. The van der Waals surface area contributed by atoms with Crippen LogP contribution in [0.4, 0.5) is 20.2 Å². The zero-order valence-electron chi connectivity index (χ0n) is 14.1. The maximum Gasteiger partial charge on any atom is 0.290 e. The molecule has 3 atom stereocenters. The first-order valence-corrected chi connectivity index (χ1v) is 8.96. The van der Waals surface area contributed by atoms with Crippen LogP contribution >= 0.6 is 0 Å². The fourth-order valence-electron chi connectivity index (χ4n) is 3.88. The molecule has 1 aliphatic heterocycles. The Labute approximate surface area is 142 Å². The zero-order chi connectivity index (χ0) is 17.2. The van der Waals surface area contributed by atoms with Gasteiger partial charge in [-0.1, -0.05) is 44.7 Å². The van der Waals surface area contributed by atoms with Crippen molar-refractivity contribution in [2.75, 3.05) is 5.32 Å². The van der Waals surface area contributed by atoms with Gasteiger partial charge in [-0.15, -0.1) is 0 Å². The number of unbranched alkanes of at least 4 members (excludes halogenated alkanes) is 1. The van der Waals surface area contributed by atoms with Crippen LogP contribution in [0.1, 0.15) is 51.9 Å². The molecule has 0 amide bonds. The van der Waals surface area contributed by atoms with Crippen molar-refractivity contribution in [3.8, 4) is 0 Å². The van der Waals surface area contributed by atoms with Crippen LogP contribution in [-0.2, 0) is 0 Å². The molecule has 1 aromatic rings. The molecular weight excluding hydrogens is 310 g/mol. The van der Waals surface area contributed by atoms with Gasteiger partial charge >= 0.3 is 0 Å². The van der Waals surface area contributed by atoms with E-state index < -0.39 is 17.9 Å². The lowest BCUT2D eigenvalue weighted by molar-refractivity contribution is 0.0528. The fourth-order valence-corrected chi connectivity index (χ4v) is 3.88. The van der Waals surface area contributed by atoms with Gasteiger partial charge in [-0.2, -0.15) is 8.78 Å². The molecular formula is C19H26F2N2O. The summed E-state index contributed by atoms with van der Waals surface area (Å²) in [5.74, 6) is -1.59. The number of nitrogens with one attached hydrogen (secondary N) is 1. The van der Waals surface area contributed by atoms with Gasteiger partial charge in [0.15, 0.2) is 6.23 Å². The Bertz CT molecular complexity index is 603. The molecule has 2 unspecified atom stereocenters. The highest BCUT2D eigenvalue weighted by atomic mass is 19.3. The molecule has 0 bridgehead atoms. The monoisotopic (exact) mass is 336 g/mol. The minimum atomic E-state index is -3.08. The van der Waals surface area contributed by atoms with Gasteiger partial charge in [-0.05, 0) is 36.8 Å². The van der Waals surface area contributed by atoms with Crippen LogP contribution in [0.15, 0.2) is 29.3 Å². The number of aliphatic hydroxyl groups is 1. The van der Waals surface area contributed by atoms with E-state index in [0.717, 1.165) is 18.8 Å². The Kier molecular flexibility index (Phi) is 5.18. The molecule has 1 aliphatic carbocycles. The number of para-hydroxylation sites is 2. The number of benzene rings is 1. The van der Waals surface area contributed by atoms with E-state index in [0.29, 0.717) is 23.7 Å². The summed E-state index contributed by atoms with van der Waals surface area (Å²) >= 11 is 0. The van der Waals surface area contributed by atoms with Crippen LogP contribution < -0.4 is 5.32 Å². The molecule has 3 nitrogen and oxygen atoms in total. The van der Waals surface area contributed by atoms with Crippen LogP contribution in [0, 0.1) is 11.8 Å². The molecule has 1 fully saturated rings. The maximum absolute atomic E-state index is 14.5. The van der Waals surface area contributed by atoms with Gasteiger partial charge in [0.2, 0.25) is 0 Å². The second kappa shape index (κ2) is 7.18. The SMILES string of the molecule is CC1CC[C@H](CCCCC(F)(F)C2=Nc3ccccc3NC2O)C1. The number of aliphatic imine (C=N–C) groups is 1. The van der Waals surface area contributed by atoms with Crippen molar-refractivity contribution in [1.82, 2.24) is 0 Å². The Morgan fingerprint density at radius 1 is 1.25 bits per heavy atom. The van der Waals surface area contributed by atoms with Crippen LogP contribution in [0.2, 0.25) is 0 Å². The molecule has 0 saturated heterocycles. The van der Waals surface area contributed by atoms with E-state index in [4.69, 9.17) is 0 Å². The van der Waals surface area contributed by atoms with E-state index in [9.17, 15) is 13.9 Å². The molecule has 2 N–H and O–H groups in total. The van der Waals surface area contributed by atoms with E-state index in [1.807, 2.05) is 0 Å². The van der Waals surface area contributed by atoms with Gasteiger partial charge < -0.3 is 10.4 Å². The molecule has 3 rings (SSSR count). The van der Waals surface area contributed by atoms with Crippen molar-refractivity contribution in [1.29, 1.82) is 0 Å². The largest absolute Gasteiger partial charge is 0.368 e. The average molecular weight is 336 g/mol. The highest BCUT2D eigenvalue weighted by molar-refractivity contribution is 6.01. The van der Waals surface area contributed by atoms with Crippen LogP contribution in [0.25, 0.3) is 0 Å². The molecule has 1 aromatic carbocycles. The summed E-state index contributed by atoms with van der Waals surface area (Å²) in [6.45, 7) is 2.27. The summed E-state index contributed by atoms with van der Waals surface area (Å²) in [6.07, 6.45) is 4.39. The number of rotatable bonds is 6. The topological polar surface area (TPSA) is 44.6 Å². The van der Waals surface area contributed by atoms with Crippen molar-refractivity contribution in [3.63, 3.8) is 0 Å². The Morgan fingerprint density at radius 3 is 2.79 bits per heavy atom. The zero-order valence-corrected chi connectivity index (χ0v) is 14.1. The van der Waals surface area contributed by atoms with Crippen molar-refractivity contribution < 1.29 is 13.9 Å². The first-order chi connectivity index (χ1) is 11.5. The summed E-state index contributed by atoms with van der Waals surface area (Å²) < 4.78 is 29.0. The number of alkyl halides is 2. The molecule has 5 heteroatoms. The highest BCUT2D eigenvalue weighted by Gasteiger charge is 2.41. The molecule has 1 heterocycles. The third-order valence-electron chi connectivity index (χ3n) is 5.23. The van der Waals surface area contributed by atoms with Crippen LogP contribution in [0.5, 0.6) is 0 Å². The molecule has 0 aromatic heterocycles. The maximum atomic E-state index is 14.5. The predicted octanol–water partition coefficient (Wildman–Crippen LogP) is 5.13. The van der Waals surface area contributed by atoms with E-state index in [2.05, 4.69) is 17.2 Å². The van der Waals surface area contributed by atoms with Gasteiger partial charge in [0.25, 0.3) is 5.92 Å². The molecule has 24 heavy (non-hydrogen) atoms. The average Bonchev–Trinajstić information content (AvgIpc) is 2.96. The summed E-state index contributed by atoms with van der Waals surface area (Å²) in [5, 5.41) is 12.7. The van der Waals surface area contributed by atoms with Gasteiger partial charge in [0, 0.05) is 6.42 Å². The molecule has 0 spiro atoms. The van der Waals surface area contributed by atoms with Crippen LogP contribution in [-0.4, -0.2) is 23.0 Å². The number of nitrogens with zero attached hydrogens (tertiary/aromatic N) is 1. The smallest absolute Gasteiger partial charge is 0.290 e. The lowest BCUT2D eigenvalue weighted by Gasteiger charge is -2.28. The quantitative estimate of drug-likeness (QED) is 0.707. The molecule has 0 radical (unpaired) electrons. The number of hydrogen-bond donors (Lipinski definition) is 2. The van der Waals surface area contributed by atoms with E-state index in [1.165, 1.54) is 19.3 Å². The highest BCUT2D eigenvalue weighted by Crippen LogP contribution is 2.36. The lowest BCUT2D eigenvalue weighted by Crippen LogP contribution is -2.43. The number of fused-ring (bicyclic) bond motifs is 1. The van der Waals surface area contributed by atoms with Gasteiger partial charge in [-0.3, -0.25) is 0 Å². The van der Waals surface area contributed by atoms with Crippen molar-refractivity contribution in [2.24, 2.45) is 16.8 Å². The van der Waals surface area contributed by atoms with Gasteiger partial charge in [0.05, 0.1) is 11.4 Å². The van der Waals surface area contributed by atoms with Crippen molar-refractivity contribution in [3.05, 3.63) is 24.3 Å². The normalized spacial score (nSPS) is 26.7. The minimum absolute atomic E-state index is 0.255. The van der Waals surface area contributed by atoms with Gasteiger partial charge in [0.1, 0.15) is 5.71 Å². The molecule has 1 saturated carbocycles. The molecule has 2 aliphatic rings. The summed E-state index contributed by atoms with van der Waals surface area (Å²) in [7, 11) is 0. The summed E-state index contributed by atoms with van der Waals surface area (Å²) in [5.41, 5.74) is 0.577. The standard InChI is InChI=1S/C19H26F2N2O/c1-13-9-10-14(12-13)6-4-5-11-19(20,21)17-18(24)23-16-8-3-2-7-15(16)22-17/h2-3,7-8,13-14,18,23-24H,4-6,9-12H2,1H3/t13?,14-,18?/m0/s1. The van der Waals surface area contributed by atoms with E-state index in [-0.39, 0.29) is 6.42 Å². The number of aliphatic hydroxyl groups excluding tert-OH is 1. The fraction of sp³-hybridized carbons (Fsp3) is 0.632. The summed E-state index contributed by atoms with van der Waals surface area (Å²) in [4.78, 5) is 4.02. The number of halogens is 2. The lowest BCUT2D eigenvalue weighted by atomic mass is 9.96. The number of hydrogen-bond acceptors (Lipinski definition) is 3. The first kappa shape index (κ1) is 17.3. The Hall–Kier alpha value is -1.49. The number of anilines is 1. The van der Waals surface area contributed by atoms with E-state index in [1.54, 1.807) is 24.3 Å². The Balaban J connectivity index is 1.56. The third kappa shape index (κ3) is 3.94. The molecule has 132 valence electrons. The first-order valence-electron chi connectivity index (χ1n) is 8.96. The van der Waals surface area contributed by atoms with Crippen molar-refractivity contribution in [2.45, 2.75) is 64.0 Å². The second-order valence-corrected chi connectivity index (χ2v) is 7.30. The second-order valence-electron chi connectivity index (χ2n) is 7.30. The predicted molar refractivity (Wildman–Crippen MR) is 93.1 cm³/mol. The summed E-state index contributed by atoms with van der Waals surface area (Å²) in [6, 6.07) is 6.92. The van der Waals surface area contributed by atoms with Crippen LogP contribution in [0.3, 0.4) is 0 Å². The van der Waals surface area contributed by atoms with Gasteiger partial charge in [-0.25, -0.2) is 4.99 Å². The van der Waals surface area contributed by atoms with E-state index >= 15 is 0 Å². The minimum Gasteiger partial charge on any atom is -0.368 e.